The first-order valence-corrected chi connectivity index (χ1v) is 8.22. The number of hydrogen-bond acceptors (Lipinski definition) is 5. The third-order valence-electron chi connectivity index (χ3n) is 4.18. The van der Waals surface area contributed by atoms with Gasteiger partial charge in [-0.15, -0.1) is 0 Å². The van der Waals surface area contributed by atoms with Crippen LogP contribution in [-0.4, -0.2) is 58.9 Å². The molecule has 27 heavy (non-hydrogen) atoms. The van der Waals surface area contributed by atoms with Crippen LogP contribution in [0, 0.1) is 0 Å². The van der Waals surface area contributed by atoms with Gasteiger partial charge in [0.05, 0.1) is 6.61 Å². The lowest BCUT2D eigenvalue weighted by atomic mass is 9.93. The fraction of sp³-hybridized carbons (Fsp3) is 0.471. The van der Waals surface area contributed by atoms with Crippen molar-refractivity contribution in [2.75, 3.05) is 13.2 Å². The van der Waals surface area contributed by atoms with Gasteiger partial charge >= 0.3 is 12.1 Å². The van der Waals surface area contributed by atoms with Crippen molar-refractivity contribution in [3.05, 3.63) is 35.9 Å². The summed E-state index contributed by atoms with van der Waals surface area (Å²) in [6.45, 7) is 0.272. The van der Waals surface area contributed by atoms with Crippen LogP contribution >= 0.6 is 0 Å². The highest BCUT2D eigenvalue weighted by molar-refractivity contribution is 5.98. The first kappa shape index (κ1) is 20.7. The molecule has 148 valence electrons. The van der Waals surface area contributed by atoms with E-state index in [2.05, 4.69) is 10.1 Å². The first-order chi connectivity index (χ1) is 12.6. The molecule has 1 saturated heterocycles. The summed E-state index contributed by atoms with van der Waals surface area (Å²) in [5.41, 5.74) is -3.29. The number of hydrogen-bond donors (Lipinski definition) is 2. The first-order valence-electron chi connectivity index (χ1n) is 8.22. The fourth-order valence-corrected chi connectivity index (χ4v) is 2.78. The number of halogens is 3. The van der Waals surface area contributed by atoms with E-state index in [1.807, 2.05) is 0 Å². The topological polar surface area (TPSA) is 95.9 Å². The van der Waals surface area contributed by atoms with Gasteiger partial charge in [0, 0.05) is 12.0 Å². The fourth-order valence-electron chi connectivity index (χ4n) is 2.78. The van der Waals surface area contributed by atoms with Gasteiger partial charge in [0.15, 0.2) is 0 Å². The number of nitrogens with zero attached hydrogens (tertiary/aromatic N) is 1. The number of likely N-dealkylation sites (tertiary alicyclic amines) is 1. The Morgan fingerprint density at radius 2 is 1.96 bits per heavy atom. The smallest absolute Gasteiger partial charge is 0.436 e. The number of aliphatic hydroxyl groups is 1. The Morgan fingerprint density at radius 1 is 1.33 bits per heavy atom. The summed E-state index contributed by atoms with van der Waals surface area (Å²) in [5.74, 6) is -2.95. The molecule has 0 unspecified atom stereocenters. The Labute approximate surface area is 153 Å². The van der Waals surface area contributed by atoms with Crippen LogP contribution in [0.1, 0.15) is 30.1 Å². The summed E-state index contributed by atoms with van der Waals surface area (Å²) in [6.07, 6.45) is -6.50. The van der Waals surface area contributed by atoms with Gasteiger partial charge in [0.2, 0.25) is 11.6 Å². The van der Waals surface area contributed by atoms with Crippen molar-refractivity contribution in [1.29, 1.82) is 0 Å². The van der Waals surface area contributed by atoms with E-state index >= 15 is 0 Å². The normalized spacial score (nSPS) is 23.1. The summed E-state index contributed by atoms with van der Waals surface area (Å²) in [4.78, 5) is 36.4. The van der Waals surface area contributed by atoms with Gasteiger partial charge in [0.1, 0.15) is 12.6 Å². The van der Waals surface area contributed by atoms with Crippen molar-refractivity contribution in [2.24, 2.45) is 0 Å². The lowest BCUT2D eigenvalue weighted by molar-refractivity contribution is -0.317. The van der Waals surface area contributed by atoms with Crippen LogP contribution in [0.25, 0.3) is 0 Å². The summed E-state index contributed by atoms with van der Waals surface area (Å²) < 4.78 is 44.7. The summed E-state index contributed by atoms with van der Waals surface area (Å²) in [5, 5.41) is 12.4. The van der Waals surface area contributed by atoms with E-state index in [1.54, 1.807) is 18.2 Å². The molecular weight excluding hydrogens is 369 g/mol. The highest BCUT2D eigenvalue weighted by Crippen LogP contribution is 2.40. The van der Waals surface area contributed by atoms with E-state index in [9.17, 15) is 32.7 Å². The number of benzene rings is 1. The van der Waals surface area contributed by atoms with Crippen molar-refractivity contribution in [2.45, 2.75) is 37.7 Å². The van der Waals surface area contributed by atoms with E-state index in [4.69, 9.17) is 0 Å². The molecule has 0 bridgehead atoms. The zero-order chi connectivity index (χ0) is 20.2. The Bertz CT molecular complexity index is 710. The second-order valence-corrected chi connectivity index (χ2v) is 5.97. The van der Waals surface area contributed by atoms with E-state index in [-0.39, 0.29) is 17.1 Å². The molecule has 2 N–H and O–H groups in total. The molecule has 1 aromatic rings. The molecule has 1 fully saturated rings. The molecular formula is C17H19F3N2O5. The van der Waals surface area contributed by atoms with Crippen LogP contribution in [0.15, 0.2) is 30.3 Å². The minimum Gasteiger partial charge on any atom is -0.465 e. The maximum absolute atomic E-state index is 13.4. The molecule has 1 aromatic carbocycles. The quantitative estimate of drug-likeness (QED) is 0.740. The van der Waals surface area contributed by atoms with Gasteiger partial charge in [-0.3, -0.25) is 19.3 Å². The number of nitrogens with one attached hydrogen (secondary N) is 1. The molecule has 0 saturated carbocycles. The second-order valence-electron chi connectivity index (χ2n) is 5.97. The van der Waals surface area contributed by atoms with E-state index in [0.29, 0.717) is 0 Å². The van der Waals surface area contributed by atoms with Crippen LogP contribution in [-0.2, 0) is 14.3 Å². The zero-order valence-corrected chi connectivity index (χ0v) is 14.5. The largest absolute Gasteiger partial charge is 0.465 e. The number of piperidine rings is 1. The Hall–Kier alpha value is -2.62. The molecule has 2 rings (SSSR count). The molecule has 0 radical (unpaired) electrons. The van der Waals surface area contributed by atoms with Crippen LogP contribution in [0.5, 0.6) is 0 Å². The number of carbonyl (C=O) groups excluding carboxylic acids is 3. The number of esters is 1. The summed E-state index contributed by atoms with van der Waals surface area (Å²) in [7, 11) is 0. The molecule has 1 aliphatic rings. The van der Waals surface area contributed by atoms with E-state index in [0.717, 1.165) is 0 Å². The predicted octanol–water partition coefficient (Wildman–Crippen LogP) is 1.22. The van der Waals surface area contributed by atoms with Crippen molar-refractivity contribution in [3.63, 3.8) is 0 Å². The van der Waals surface area contributed by atoms with Crippen LogP contribution in [0.3, 0.4) is 0 Å². The number of rotatable bonds is 5. The lowest BCUT2D eigenvalue weighted by Gasteiger charge is -2.45. The number of ether oxygens (including phenoxy) is 1. The third kappa shape index (κ3) is 4.38. The van der Waals surface area contributed by atoms with Crippen molar-refractivity contribution >= 4 is 17.8 Å². The third-order valence-corrected chi connectivity index (χ3v) is 4.18. The van der Waals surface area contributed by atoms with Gasteiger partial charge in [-0.05, 0) is 25.5 Å². The molecule has 0 aromatic heterocycles. The lowest BCUT2D eigenvalue weighted by Crippen LogP contribution is -2.68. The van der Waals surface area contributed by atoms with Crippen molar-refractivity contribution in [3.8, 4) is 0 Å². The average Bonchev–Trinajstić information content (AvgIpc) is 2.61. The summed E-state index contributed by atoms with van der Waals surface area (Å²) >= 11 is 0. The highest BCUT2D eigenvalue weighted by atomic mass is 19.4. The minimum absolute atomic E-state index is 0.0183. The second kappa shape index (κ2) is 7.95. The van der Waals surface area contributed by atoms with Crippen LogP contribution in [0.2, 0.25) is 0 Å². The van der Waals surface area contributed by atoms with Gasteiger partial charge in [0.25, 0.3) is 5.91 Å². The maximum atomic E-state index is 13.4. The van der Waals surface area contributed by atoms with Gasteiger partial charge < -0.3 is 15.2 Å². The number of alkyl halides is 3. The molecule has 0 spiro atoms. The monoisotopic (exact) mass is 388 g/mol. The van der Waals surface area contributed by atoms with Gasteiger partial charge in [-0.1, -0.05) is 18.2 Å². The van der Waals surface area contributed by atoms with E-state index in [1.165, 1.54) is 19.1 Å². The molecule has 1 heterocycles. The Balaban J connectivity index is 2.23. The average molecular weight is 388 g/mol. The van der Waals surface area contributed by atoms with Crippen molar-refractivity contribution < 1.29 is 37.4 Å². The van der Waals surface area contributed by atoms with E-state index < -0.39 is 55.1 Å². The standard InChI is InChI=1S/C17H19F3N2O5/c1-2-27-13(23)10-22-15(25)12(8-9-16(22,26)17(18,19)20)21-14(24)11-6-4-3-5-7-11/h3-7,12,26H,2,8-10H2,1H3,(H,21,24)/t12-,16-/m1/s1. The molecule has 10 heteroatoms. The predicted molar refractivity (Wildman–Crippen MR) is 86.3 cm³/mol. The summed E-state index contributed by atoms with van der Waals surface area (Å²) in [6, 6.07) is 6.50. The van der Waals surface area contributed by atoms with Crippen LogP contribution < -0.4 is 5.32 Å². The molecule has 0 aliphatic carbocycles. The Morgan fingerprint density at radius 3 is 2.52 bits per heavy atom. The molecule has 7 nitrogen and oxygen atoms in total. The molecule has 2 amide bonds. The van der Waals surface area contributed by atoms with Gasteiger partial charge in [-0.25, -0.2) is 0 Å². The maximum Gasteiger partial charge on any atom is 0.436 e. The number of carbonyl (C=O) groups is 3. The van der Waals surface area contributed by atoms with Crippen LogP contribution in [0.4, 0.5) is 13.2 Å². The molecule has 1 aliphatic heterocycles. The number of amides is 2. The SMILES string of the molecule is CCOC(=O)CN1C(=O)[C@H](NC(=O)c2ccccc2)CC[C@@]1(O)C(F)(F)F. The van der Waals surface area contributed by atoms with Gasteiger partial charge in [-0.2, -0.15) is 13.2 Å². The minimum atomic E-state index is -5.18. The highest BCUT2D eigenvalue weighted by Gasteiger charge is 2.62. The molecule has 2 atom stereocenters. The Kier molecular flexibility index (Phi) is 6.09. The van der Waals surface area contributed by atoms with Crippen molar-refractivity contribution in [1.82, 2.24) is 10.2 Å². The zero-order valence-electron chi connectivity index (χ0n) is 14.5.